The molecule has 0 spiro atoms. The first kappa shape index (κ1) is 14.5. The van der Waals surface area contributed by atoms with Gasteiger partial charge in [0.05, 0.1) is 23.9 Å². The van der Waals surface area contributed by atoms with Crippen LogP contribution in [0.2, 0.25) is 0 Å². The van der Waals surface area contributed by atoms with E-state index in [0.717, 1.165) is 31.9 Å². The van der Waals surface area contributed by atoms with Gasteiger partial charge in [0.2, 0.25) is 0 Å². The minimum atomic E-state index is 0.140. The van der Waals surface area contributed by atoms with Gasteiger partial charge in [-0.05, 0) is 19.9 Å². The Bertz CT molecular complexity index is 609. The van der Waals surface area contributed by atoms with Crippen molar-refractivity contribution in [3.05, 3.63) is 30.0 Å². The smallest absolute Gasteiger partial charge is 0.0843 e. The number of ether oxygens (including phenoxy) is 1. The van der Waals surface area contributed by atoms with E-state index in [4.69, 9.17) is 15.6 Å². The number of hydrogen-bond donors (Lipinski definition) is 1. The van der Waals surface area contributed by atoms with Crippen molar-refractivity contribution in [2.45, 2.75) is 39.1 Å². The van der Waals surface area contributed by atoms with Crippen LogP contribution in [0.4, 0.5) is 0 Å². The van der Waals surface area contributed by atoms with Crippen molar-refractivity contribution in [2.24, 2.45) is 5.73 Å². The van der Waals surface area contributed by atoms with Crippen molar-refractivity contribution in [3.63, 3.8) is 0 Å². The fourth-order valence-corrected chi connectivity index (χ4v) is 2.98. The van der Waals surface area contributed by atoms with Crippen LogP contribution in [0.5, 0.6) is 0 Å². The van der Waals surface area contributed by atoms with Gasteiger partial charge in [0.1, 0.15) is 0 Å². The van der Waals surface area contributed by atoms with Crippen LogP contribution >= 0.6 is 0 Å². The Morgan fingerprint density at radius 1 is 1.38 bits per heavy atom. The summed E-state index contributed by atoms with van der Waals surface area (Å²) < 4.78 is 7.81. The number of para-hydroxylation sites is 1. The van der Waals surface area contributed by atoms with Gasteiger partial charge in [-0.2, -0.15) is 5.10 Å². The van der Waals surface area contributed by atoms with E-state index >= 15 is 0 Å². The van der Waals surface area contributed by atoms with E-state index in [0.29, 0.717) is 12.6 Å². The summed E-state index contributed by atoms with van der Waals surface area (Å²) in [5, 5.41) is 6.04. The Morgan fingerprint density at radius 3 is 2.95 bits per heavy atom. The lowest BCUT2D eigenvalue weighted by Crippen LogP contribution is -2.50. The predicted octanol–water partition coefficient (Wildman–Crippen LogP) is 1.60. The molecule has 5 nitrogen and oxygen atoms in total. The van der Waals surface area contributed by atoms with E-state index in [-0.39, 0.29) is 6.10 Å². The zero-order chi connectivity index (χ0) is 14.8. The van der Waals surface area contributed by atoms with Gasteiger partial charge in [0.15, 0.2) is 0 Å². The maximum absolute atomic E-state index is 5.75. The summed E-state index contributed by atoms with van der Waals surface area (Å²) >= 11 is 0. The van der Waals surface area contributed by atoms with Crippen molar-refractivity contribution >= 4 is 10.9 Å². The van der Waals surface area contributed by atoms with Crippen molar-refractivity contribution < 1.29 is 4.74 Å². The highest BCUT2D eigenvalue weighted by Crippen LogP contribution is 2.22. The highest BCUT2D eigenvalue weighted by Gasteiger charge is 2.26. The molecule has 3 rings (SSSR count). The third kappa shape index (κ3) is 2.81. The number of rotatable bonds is 4. The maximum Gasteiger partial charge on any atom is 0.0843 e. The van der Waals surface area contributed by atoms with Crippen LogP contribution in [0.3, 0.4) is 0 Å². The van der Waals surface area contributed by atoms with E-state index in [1.165, 1.54) is 10.9 Å². The lowest BCUT2D eigenvalue weighted by atomic mass is 10.1. The average Bonchev–Trinajstić information content (AvgIpc) is 2.88. The minimum absolute atomic E-state index is 0.140. The first-order valence-electron chi connectivity index (χ1n) is 7.73. The molecule has 0 amide bonds. The highest BCUT2D eigenvalue weighted by atomic mass is 16.5. The number of nitrogens with zero attached hydrogens (tertiary/aromatic N) is 3. The van der Waals surface area contributed by atoms with Gasteiger partial charge in [0, 0.05) is 37.6 Å². The Morgan fingerprint density at radius 2 is 2.19 bits per heavy atom. The van der Waals surface area contributed by atoms with Gasteiger partial charge < -0.3 is 10.5 Å². The van der Waals surface area contributed by atoms with Gasteiger partial charge in [-0.3, -0.25) is 9.58 Å². The molecule has 0 aliphatic carbocycles. The number of morpholine rings is 1. The molecule has 2 atom stereocenters. The molecule has 1 aliphatic heterocycles. The van der Waals surface area contributed by atoms with Crippen LogP contribution < -0.4 is 5.73 Å². The summed E-state index contributed by atoms with van der Waals surface area (Å²) in [5.74, 6) is 0. The standard InChI is InChI=1S/C16H24N4O/c1-3-20-16-7-5-4-6-14(16)15(18-20)10-19-9-13(8-17)21-11-12(19)2/h4-7,12-13H,3,8-11,17H2,1-2H3. The van der Waals surface area contributed by atoms with Crippen LogP contribution in [-0.4, -0.2) is 46.5 Å². The Balaban J connectivity index is 1.87. The molecule has 1 aliphatic rings. The van der Waals surface area contributed by atoms with E-state index in [9.17, 15) is 0 Å². The summed E-state index contributed by atoms with van der Waals surface area (Å²) in [5.41, 5.74) is 8.11. The molecule has 1 aromatic heterocycles. The molecular formula is C16H24N4O. The van der Waals surface area contributed by atoms with Crippen LogP contribution in [0.1, 0.15) is 19.5 Å². The van der Waals surface area contributed by atoms with E-state index in [1.54, 1.807) is 0 Å². The highest BCUT2D eigenvalue weighted by molar-refractivity contribution is 5.81. The first-order chi connectivity index (χ1) is 10.2. The molecule has 2 heterocycles. The SMILES string of the molecule is CCn1nc(CN2CC(CN)OCC2C)c2ccccc21. The quantitative estimate of drug-likeness (QED) is 0.928. The molecule has 1 fully saturated rings. The van der Waals surface area contributed by atoms with Gasteiger partial charge >= 0.3 is 0 Å². The molecule has 2 N–H and O–H groups in total. The zero-order valence-electron chi connectivity index (χ0n) is 12.8. The second-order valence-electron chi connectivity index (χ2n) is 5.75. The summed E-state index contributed by atoms with van der Waals surface area (Å²) in [7, 11) is 0. The summed E-state index contributed by atoms with van der Waals surface area (Å²) in [6, 6.07) is 8.86. The number of nitrogens with two attached hydrogens (primary N) is 1. The lowest BCUT2D eigenvalue weighted by Gasteiger charge is -2.37. The largest absolute Gasteiger partial charge is 0.374 e. The average molecular weight is 288 g/mol. The molecule has 2 aromatic rings. The topological polar surface area (TPSA) is 56.3 Å². The van der Waals surface area contributed by atoms with Crippen molar-refractivity contribution in [1.82, 2.24) is 14.7 Å². The Kier molecular flexibility index (Phi) is 4.24. The normalized spacial score (nSPS) is 23.8. The number of aryl methyl sites for hydroxylation is 1. The van der Waals surface area contributed by atoms with Crippen molar-refractivity contribution in [2.75, 3.05) is 19.7 Å². The van der Waals surface area contributed by atoms with Crippen LogP contribution in [-0.2, 0) is 17.8 Å². The summed E-state index contributed by atoms with van der Waals surface area (Å²) in [6.07, 6.45) is 0.140. The molecule has 0 bridgehead atoms. The maximum atomic E-state index is 5.75. The van der Waals surface area contributed by atoms with Crippen molar-refractivity contribution in [3.8, 4) is 0 Å². The third-order valence-corrected chi connectivity index (χ3v) is 4.28. The number of aromatic nitrogens is 2. The van der Waals surface area contributed by atoms with Crippen LogP contribution in [0.25, 0.3) is 10.9 Å². The van der Waals surface area contributed by atoms with Gasteiger partial charge in [-0.15, -0.1) is 0 Å². The number of fused-ring (bicyclic) bond motifs is 1. The molecule has 114 valence electrons. The molecule has 1 saturated heterocycles. The fourth-order valence-electron chi connectivity index (χ4n) is 2.98. The molecule has 1 aromatic carbocycles. The van der Waals surface area contributed by atoms with Crippen LogP contribution in [0, 0.1) is 0 Å². The second-order valence-corrected chi connectivity index (χ2v) is 5.75. The number of hydrogen-bond acceptors (Lipinski definition) is 4. The molecular weight excluding hydrogens is 264 g/mol. The molecule has 0 radical (unpaired) electrons. The lowest BCUT2D eigenvalue weighted by molar-refractivity contribution is -0.0570. The van der Waals surface area contributed by atoms with Gasteiger partial charge in [-0.1, -0.05) is 18.2 Å². The van der Waals surface area contributed by atoms with Crippen LogP contribution in [0.15, 0.2) is 24.3 Å². The third-order valence-electron chi connectivity index (χ3n) is 4.28. The predicted molar refractivity (Wildman–Crippen MR) is 84.1 cm³/mol. The van der Waals surface area contributed by atoms with Gasteiger partial charge in [0.25, 0.3) is 0 Å². The summed E-state index contributed by atoms with van der Waals surface area (Å²) in [6.45, 7) is 8.28. The molecule has 5 heteroatoms. The molecule has 21 heavy (non-hydrogen) atoms. The number of benzene rings is 1. The molecule has 0 saturated carbocycles. The van der Waals surface area contributed by atoms with Crippen molar-refractivity contribution in [1.29, 1.82) is 0 Å². The van der Waals surface area contributed by atoms with E-state index < -0.39 is 0 Å². The monoisotopic (exact) mass is 288 g/mol. The van der Waals surface area contributed by atoms with Gasteiger partial charge in [-0.25, -0.2) is 0 Å². The minimum Gasteiger partial charge on any atom is -0.374 e. The van der Waals surface area contributed by atoms with E-state index in [1.807, 2.05) is 0 Å². The Hall–Kier alpha value is -1.43. The Labute approximate surface area is 125 Å². The second kappa shape index (κ2) is 6.13. The molecule has 2 unspecified atom stereocenters. The first-order valence-corrected chi connectivity index (χ1v) is 7.73. The van der Waals surface area contributed by atoms with E-state index in [2.05, 4.69) is 47.7 Å². The summed E-state index contributed by atoms with van der Waals surface area (Å²) in [4.78, 5) is 2.43. The zero-order valence-corrected chi connectivity index (χ0v) is 12.8. The fraction of sp³-hybridized carbons (Fsp3) is 0.562.